The number of nitrogens with zero attached hydrogens (tertiary/aromatic N) is 4. The molecule has 204 valence electrons. The van der Waals surface area contributed by atoms with Crippen LogP contribution in [0.3, 0.4) is 0 Å². The minimum absolute atomic E-state index is 0.0107. The van der Waals surface area contributed by atoms with Crippen molar-refractivity contribution in [3.8, 4) is 0 Å². The first-order chi connectivity index (χ1) is 18.6. The van der Waals surface area contributed by atoms with Gasteiger partial charge in [0.25, 0.3) is 0 Å². The number of carbonyl (C=O) groups excluding carboxylic acids is 2. The van der Waals surface area contributed by atoms with E-state index in [2.05, 4.69) is 0 Å². The van der Waals surface area contributed by atoms with E-state index in [0.29, 0.717) is 10.4 Å². The van der Waals surface area contributed by atoms with Crippen LogP contribution < -0.4 is 10.3 Å². The molecule has 2 aromatic rings. The SMILES string of the molecule is O=C(O)C1=C(COC(=O)N2CCN(c3cc4c(cc3F)c(=O)c(C(=O)O)cn4C3CC3)CC2)SC2CC(=O)N12. The van der Waals surface area contributed by atoms with Gasteiger partial charge in [0.1, 0.15) is 23.7 Å². The lowest BCUT2D eigenvalue weighted by molar-refractivity contribution is -0.145. The number of aliphatic carboxylic acids is 1. The fraction of sp³-hybridized carbons (Fsp3) is 0.400. The van der Waals surface area contributed by atoms with E-state index in [9.17, 15) is 34.2 Å². The number of anilines is 1. The molecule has 39 heavy (non-hydrogen) atoms. The maximum atomic E-state index is 15.2. The first kappa shape index (κ1) is 25.2. The van der Waals surface area contributed by atoms with Gasteiger partial charge in [-0.25, -0.2) is 18.8 Å². The van der Waals surface area contributed by atoms with Crippen molar-refractivity contribution >= 4 is 52.3 Å². The van der Waals surface area contributed by atoms with Crippen molar-refractivity contribution < 1.29 is 38.5 Å². The van der Waals surface area contributed by atoms with Crippen LogP contribution in [0.1, 0.15) is 35.7 Å². The number of fused-ring (bicyclic) bond motifs is 2. The predicted octanol–water partition coefficient (Wildman–Crippen LogP) is 2.03. The summed E-state index contributed by atoms with van der Waals surface area (Å²) in [5.74, 6) is -3.55. The number of halogens is 1. The lowest BCUT2D eigenvalue weighted by Gasteiger charge is -2.35. The second kappa shape index (κ2) is 9.29. The molecule has 0 bridgehead atoms. The number of aromatic carboxylic acids is 1. The molecule has 0 radical (unpaired) electrons. The zero-order valence-electron chi connectivity index (χ0n) is 20.5. The Hall–Kier alpha value is -4.07. The quantitative estimate of drug-likeness (QED) is 0.504. The number of hydrogen-bond donors (Lipinski definition) is 2. The minimum Gasteiger partial charge on any atom is -0.477 e. The molecule has 3 fully saturated rings. The summed E-state index contributed by atoms with van der Waals surface area (Å²) in [6.07, 6.45) is 2.60. The highest BCUT2D eigenvalue weighted by Crippen LogP contribution is 2.46. The Kier molecular flexibility index (Phi) is 6.01. The van der Waals surface area contributed by atoms with Gasteiger partial charge >= 0.3 is 18.0 Å². The summed E-state index contributed by atoms with van der Waals surface area (Å²) >= 11 is 1.20. The first-order valence-electron chi connectivity index (χ1n) is 12.4. The van der Waals surface area contributed by atoms with E-state index < -0.39 is 34.8 Å². The molecule has 2 N–H and O–H groups in total. The van der Waals surface area contributed by atoms with Gasteiger partial charge in [-0.05, 0) is 25.0 Å². The number of rotatable bonds is 6. The Morgan fingerprint density at radius 3 is 2.38 bits per heavy atom. The van der Waals surface area contributed by atoms with Crippen LogP contribution in [-0.4, -0.2) is 86.7 Å². The average Bonchev–Trinajstić information content (AvgIpc) is 3.69. The molecule has 4 aliphatic rings. The average molecular weight is 559 g/mol. The third-order valence-corrected chi connectivity index (χ3v) is 8.61. The zero-order valence-corrected chi connectivity index (χ0v) is 21.3. The van der Waals surface area contributed by atoms with Crippen LogP contribution in [0.25, 0.3) is 10.9 Å². The van der Waals surface area contributed by atoms with Crippen molar-refractivity contribution in [2.45, 2.75) is 30.7 Å². The van der Waals surface area contributed by atoms with Crippen LogP contribution in [0.4, 0.5) is 14.9 Å². The van der Waals surface area contributed by atoms with Crippen LogP contribution in [0.15, 0.2) is 33.7 Å². The van der Waals surface area contributed by atoms with Crippen LogP contribution in [0.5, 0.6) is 0 Å². The van der Waals surface area contributed by atoms with Gasteiger partial charge in [-0.2, -0.15) is 0 Å². The molecule has 3 aliphatic heterocycles. The van der Waals surface area contributed by atoms with Crippen molar-refractivity contribution in [3.63, 3.8) is 0 Å². The number of ether oxygens (including phenoxy) is 1. The smallest absolute Gasteiger partial charge is 0.410 e. The van der Waals surface area contributed by atoms with E-state index >= 15 is 4.39 Å². The number of carbonyl (C=O) groups is 4. The maximum absolute atomic E-state index is 15.2. The fourth-order valence-electron chi connectivity index (χ4n) is 5.19. The number of pyridine rings is 1. The number of aromatic nitrogens is 1. The molecule has 2 saturated heterocycles. The van der Waals surface area contributed by atoms with Crippen molar-refractivity contribution in [3.05, 3.63) is 50.5 Å². The van der Waals surface area contributed by atoms with E-state index in [1.165, 1.54) is 27.8 Å². The van der Waals surface area contributed by atoms with Crippen molar-refractivity contribution in [1.29, 1.82) is 0 Å². The second-order valence-electron chi connectivity index (χ2n) is 9.78. The lowest BCUT2D eigenvalue weighted by Crippen LogP contribution is -2.49. The van der Waals surface area contributed by atoms with E-state index in [1.807, 2.05) is 0 Å². The molecule has 4 heterocycles. The van der Waals surface area contributed by atoms with Gasteiger partial charge in [-0.15, -0.1) is 0 Å². The van der Waals surface area contributed by atoms with Crippen molar-refractivity contribution in [2.24, 2.45) is 0 Å². The first-order valence-corrected chi connectivity index (χ1v) is 13.3. The third kappa shape index (κ3) is 4.28. The van der Waals surface area contributed by atoms with Crippen molar-refractivity contribution in [2.75, 3.05) is 37.7 Å². The van der Waals surface area contributed by atoms with Gasteiger partial charge in [-0.3, -0.25) is 14.5 Å². The summed E-state index contributed by atoms with van der Waals surface area (Å²) in [6, 6.07) is 2.70. The number of amides is 2. The van der Waals surface area contributed by atoms with Gasteiger partial charge in [0.15, 0.2) is 0 Å². The molecule has 6 rings (SSSR count). The number of carboxylic acids is 2. The molecule has 14 heteroatoms. The largest absolute Gasteiger partial charge is 0.477 e. The van der Waals surface area contributed by atoms with E-state index in [1.54, 1.807) is 15.5 Å². The lowest BCUT2D eigenvalue weighted by atomic mass is 10.1. The van der Waals surface area contributed by atoms with Gasteiger partial charge in [0, 0.05) is 43.8 Å². The summed E-state index contributed by atoms with van der Waals surface area (Å²) in [7, 11) is 0. The molecule has 1 aromatic heterocycles. The van der Waals surface area contributed by atoms with Gasteiger partial charge in [-0.1, -0.05) is 11.8 Å². The summed E-state index contributed by atoms with van der Waals surface area (Å²) in [6.45, 7) is 0.729. The molecule has 12 nitrogen and oxygen atoms in total. The van der Waals surface area contributed by atoms with Crippen LogP contribution in [0, 0.1) is 5.82 Å². The van der Waals surface area contributed by atoms with Gasteiger partial charge < -0.3 is 29.3 Å². The molecule has 0 spiro atoms. The Labute approximate surface area is 224 Å². The normalized spacial score (nSPS) is 20.8. The highest BCUT2D eigenvalue weighted by Gasteiger charge is 2.48. The van der Waals surface area contributed by atoms with Gasteiger partial charge in [0.05, 0.1) is 27.9 Å². The number of β-lactam (4-membered cyclic amide) rings is 1. The summed E-state index contributed by atoms with van der Waals surface area (Å²) in [5, 5.41) is 18.6. The van der Waals surface area contributed by atoms with Crippen LogP contribution in [0.2, 0.25) is 0 Å². The minimum atomic E-state index is -1.36. The Bertz CT molecular complexity index is 1540. The molecule has 1 saturated carbocycles. The highest BCUT2D eigenvalue weighted by atomic mass is 32.2. The predicted molar refractivity (Wildman–Crippen MR) is 136 cm³/mol. The summed E-state index contributed by atoms with van der Waals surface area (Å²) < 4.78 is 22.3. The third-order valence-electron chi connectivity index (χ3n) is 7.37. The van der Waals surface area contributed by atoms with Gasteiger partial charge in [0.2, 0.25) is 11.3 Å². The van der Waals surface area contributed by atoms with E-state index in [4.69, 9.17) is 4.74 Å². The summed E-state index contributed by atoms with van der Waals surface area (Å²) in [4.78, 5) is 65.0. The topological polar surface area (TPSA) is 150 Å². The Morgan fingerprint density at radius 1 is 1.05 bits per heavy atom. The molecule has 1 unspecified atom stereocenters. The molecule has 1 aliphatic carbocycles. The number of carboxylic acid groups (broad SMARTS) is 2. The van der Waals surface area contributed by atoms with E-state index in [-0.39, 0.29) is 73.3 Å². The maximum Gasteiger partial charge on any atom is 0.410 e. The van der Waals surface area contributed by atoms with Crippen molar-refractivity contribution in [1.82, 2.24) is 14.4 Å². The zero-order chi connectivity index (χ0) is 27.6. The number of piperazine rings is 1. The standard InChI is InChI=1S/C25H23FN4O8S/c26-15-7-13-16(29(12-1-2-12)10-14(22(13)32)23(33)34)8-17(15)27-3-5-28(6-4-27)25(37)38-11-18-21(24(35)36)30-19(31)9-20(30)39-18/h7-8,10,12,20H,1-6,9,11H2,(H,33,34)(H,35,36). The Morgan fingerprint density at radius 2 is 1.77 bits per heavy atom. The molecule has 1 atom stereocenters. The molecular weight excluding hydrogens is 535 g/mol. The number of thioether (sulfide) groups is 1. The molecule has 1 aromatic carbocycles. The highest BCUT2D eigenvalue weighted by molar-refractivity contribution is 8.04. The van der Waals surface area contributed by atoms with E-state index in [0.717, 1.165) is 18.9 Å². The number of hydrogen-bond acceptors (Lipinski definition) is 8. The molecular formula is C25H23FN4O8S. The second-order valence-corrected chi connectivity index (χ2v) is 11.1. The molecule has 2 amide bonds. The fourth-order valence-corrected chi connectivity index (χ4v) is 6.49. The number of benzene rings is 1. The van der Waals surface area contributed by atoms with Crippen LogP contribution >= 0.6 is 11.8 Å². The monoisotopic (exact) mass is 558 g/mol. The van der Waals surface area contributed by atoms with Crippen LogP contribution in [-0.2, 0) is 14.3 Å². The Balaban J connectivity index is 1.15. The summed E-state index contributed by atoms with van der Waals surface area (Å²) in [5.41, 5.74) is -0.563.